The van der Waals surface area contributed by atoms with Crippen molar-refractivity contribution in [2.24, 2.45) is 0 Å². The first kappa shape index (κ1) is 11.8. The molecule has 7 heteroatoms. The van der Waals surface area contributed by atoms with Gasteiger partial charge in [0.1, 0.15) is 12.3 Å². The second-order valence-corrected chi connectivity index (χ2v) is 2.63. The summed E-state index contributed by atoms with van der Waals surface area (Å²) < 4.78 is 0. The largest absolute Gasteiger partial charge is 0.480 e. The fourth-order valence-electron chi connectivity index (χ4n) is 0.683. The van der Waals surface area contributed by atoms with Gasteiger partial charge in [-0.2, -0.15) is 0 Å². The number of hydrogen-bond donors (Lipinski definition) is 4. The van der Waals surface area contributed by atoms with E-state index in [-0.39, 0.29) is 18.0 Å². The summed E-state index contributed by atoms with van der Waals surface area (Å²) in [5.41, 5.74) is 1.60. The van der Waals surface area contributed by atoms with E-state index in [1.54, 1.807) is 5.48 Å². The molecule has 0 aromatic carbocycles. The molecular weight excluding hydrogens is 196 g/mol. The second-order valence-electron chi connectivity index (χ2n) is 2.22. The highest BCUT2D eigenvalue weighted by Gasteiger charge is 2.17. The lowest BCUT2D eigenvalue weighted by atomic mass is 10.2. The molecule has 0 bridgehead atoms. The molecule has 0 saturated carbocycles. The standard InChI is InChI=1S/C6H10N2O4S/c9-3-1-2-4(5(10)11)7-6(13)8-12/h3-4,12H,1-2H2,(H,10,11)(H2,7,8,13). The number of hydroxylamine groups is 1. The zero-order chi connectivity index (χ0) is 10.3. The predicted molar refractivity (Wildman–Crippen MR) is 47.4 cm³/mol. The lowest BCUT2D eigenvalue weighted by Crippen LogP contribution is -2.44. The van der Waals surface area contributed by atoms with Crippen molar-refractivity contribution in [3.05, 3.63) is 0 Å². The van der Waals surface area contributed by atoms with Crippen LogP contribution in [0.4, 0.5) is 0 Å². The van der Waals surface area contributed by atoms with E-state index in [1.807, 2.05) is 0 Å². The minimum Gasteiger partial charge on any atom is -0.480 e. The molecule has 0 rings (SSSR count). The van der Waals surface area contributed by atoms with Gasteiger partial charge in [0.05, 0.1) is 0 Å². The summed E-state index contributed by atoms with van der Waals surface area (Å²) >= 11 is 4.48. The summed E-state index contributed by atoms with van der Waals surface area (Å²) in [7, 11) is 0. The molecule has 1 atom stereocenters. The molecule has 0 fully saturated rings. The minimum atomic E-state index is -1.13. The Morgan fingerprint density at radius 2 is 2.23 bits per heavy atom. The number of thiocarbonyl (C=S) groups is 1. The third-order valence-electron chi connectivity index (χ3n) is 1.28. The van der Waals surface area contributed by atoms with Crippen LogP contribution >= 0.6 is 12.2 Å². The van der Waals surface area contributed by atoms with Crippen LogP contribution in [-0.4, -0.2) is 33.7 Å². The minimum absolute atomic E-state index is 0.123. The zero-order valence-corrected chi connectivity index (χ0v) is 7.50. The number of carboxylic acids is 1. The topological polar surface area (TPSA) is 98.7 Å². The lowest BCUT2D eigenvalue weighted by Gasteiger charge is -2.13. The lowest BCUT2D eigenvalue weighted by molar-refractivity contribution is -0.139. The maximum atomic E-state index is 10.5. The van der Waals surface area contributed by atoms with Crippen LogP contribution in [0.15, 0.2) is 0 Å². The average Bonchev–Trinajstić information content (AvgIpc) is 2.11. The van der Waals surface area contributed by atoms with Crippen LogP contribution in [-0.2, 0) is 9.59 Å². The van der Waals surface area contributed by atoms with E-state index in [4.69, 9.17) is 10.3 Å². The van der Waals surface area contributed by atoms with Gasteiger partial charge in [0, 0.05) is 6.42 Å². The monoisotopic (exact) mass is 206 g/mol. The van der Waals surface area contributed by atoms with E-state index in [0.29, 0.717) is 6.29 Å². The van der Waals surface area contributed by atoms with Gasteiger partial charge in [0.15, 0.2) is 5.11 Å². The number of carbonyl (C=O) groups excluding carboxylic acids is 1. The number of carboxylic acid groups (broad SMARTS) is 1. The summed E-state index contributed by atoms with van der Waals surface area (Å²) in [6, 6.07) is -0.961. The molecule has 0 spiro atoms. The van der Waals surface area contributed by atoms with E-state index in [1.165, 1.54) is 0 Å². The molecule has 0 heterocycles. The average molecular weight is 206 g/mol. The van der Waals surface area contributed by atoms with Crippen LogP contribution in [0.3, 0.4) is 0 Å². The molecular formula is C6H10N2O4S. The molecule has 0 aliphatic carbocycles. The Labute approximate surface area is 79.9 Å². The van der Waals surface area contributed by atoms with Gasteiger partial charge in [-0.3, -0.25) is 5.21 Å². The molecule has 0 aromatic heterocycles. The van der Waals surface area contributed by atoms with Crippen molar-refractivity contribution < 1.29 is 19.9 Å². The van der Waals surface area contributed by atoms with Gasteiger partial charge in [-0.05, 0) is 18.6 Å². The zero-order valence-electron chi connectivity index (χ0n) is 6.69. The summed E-state index contributed by atoms with van der Waals surface area (Å²) in [5.74, 6) is -1.13. The van der Waals surface area contributed by atoms with Crippen molar-refractivity contribution in [3.63, 3.8) is 0 Å². The summed E-state index contributed by atoms with van der Waals surface area (Å²) in [4.78, 5) is 20.5. The molecule has 1 unspecified atom stereocenters. The van der Waals surface area contributed by atoms with Gasteiger partial charge in [-0.1, -0.05) is 0 Å². The van der Waals surface area contributed by atoms with E-state index >= 15 is 0 Å². The second kappa shape index (κ2) is 6.32. The highest BCUT2D eigenvalue weighted by Crippen LogP contribution is 1.95. The Kier molecular flexibility index (Phi) is 5.73. The third-order valence-corrected chi connectivity index (χ3v) is 1.49. The van der Waals surface area contributed by atoms with Gasteiger partial charge in [0.25, 0.3) is 0 Å². The molecule has 74 valence electrons. The van der Waals surface area contributed by atoms with Gasteiger partial charge >= 0.3 is 5.97 Å². The fraction of sp³-hybridized carbons (Fsp3) is 0.500. The quantitative estimate of drug-likeness (QED) is 0.267. The third kappa shape index (κ3) is 5.10. The molecule has 0 saturated heterocycles. The van der Waals surface area contributed by atoms with Crippen LogP contribution in [0.5, 0.6) is 0 Å². The van der Waals surface area contributed by atoms with Crippen LogP contribution in [0.1, 0.15) is 12.8 Å². The summed E-state index contributed by atoms with van der Waals surface area (Å²) in [6.07, 6.45) is 0.867. The predicted octanol–water partition coefficient (Wildman–Crippen LogP) is -0.728. The fourth-order valence-corrected chi connectivity index (χ4v) is 0.825. The van der Waals surface area contributed by atoms with Crippen LogP contribution in [0.2, 0.25) is 0 Å². The van der Waals surface area contributed by atoms with Crippen molar-refractivity contribution in [2.75, 3.05) is 0 Å². The highest BCUT2D eigenvalue weighted by atomic mass is 32.1. The van der Waals surface area contributed by atoms with Gasteiger partial charge in [0.2, 0.25) is 0 Å². The number of hydrogen-bond acceptors (Lipinski definition) is 4. The molecule has 4 N–H and O–H groups in total. The first-order valence-electron chi connectivity index (χ1n) is 3.49. The van der Waals surface area contributed by atoms with Gasteiger partial charge in [-0.15, -0.1) is 0 Å². The molecule has 0 aliphatic heterocycles. The van der Waals surface area contributed by atoms with E-state index in [9.17, 15) is 9.59 Å². The Morgan fingerprint density at radius 1 is 1.62 bits per heavy atom. The summed E-state index contributed by atoms with van der Waals surface area (Å²) in [6.45, 7) is 0. The maximum absolute atomic E-state index is 10.5. The van der Waals surface area contributed by atoms with Gasteiger partial charge < -0.3 is 15.2 Å². The molecule has 0 aliphatic rings. The first-order chi connectivity index (χ1) is 6.11. The molecule has 6 nitrogen and oxygen atoms in total. The number of rotatable bonds is 5. The Morgan fingerprint density at radius 3 is 2.62 bits per heavy atom. The van der Waals surface area contributed by atoms with E-state index < -0.39 is 12.0 Å². The van der Waals surface area contributed by atoms with E-state index in [2.05, 4.69) is 17.5 Å². The molecule has 13 heavy (non-hydrogen) atoms. The maximum Gasteiger partial charge on any atom is 0.326 e. The highest BCUT2D eigenvalue weighted by molar-refractivity contribution is 7.80. The number of carbonyl (C=O) groups is 2. The number of aliphatic carboxylic acids is 1. The summed E-state index contributed by atoms with van der Waals surface area (Å²) in [5, 5.41) is 19.0. The van der Waals surface area contributed by atoms with Crippen LogP contribution in [0, 0.1) is 0 Å². The number of nitrogens with one attached hydrogen (secondary N) is 2. The molecule has 0 aromatic rings. The van der Waals surface area contributed by atoms with Crippen molar-refractivity contribution in [1.82, 2.24) is 10.8 Å². The first-order valence-corrected chi connectivity index (χ1v) is 3.89. The van der Waals surface area contributed by atoms with Crippen molar-refractivity contribution in [1.29, 1.82) is 0 Å². The van der Waals surface area contributed by atoms with Crippen LogP contribution < -0.4 is 10.8 Å². The number of aldehydes is 1. The molecule has 0 radical (unpaired) electrons. The SMILES string of the molecule is O=CCCC(NC(=S)NO)C(=O)O. The van der Waals surface area contributed by atoms with E-state index in [0.717, 1.165) is 0 Å². The Bertz CT molecular complexity index is 209. The normalized spacial score (nSPS) is 11.5. The van der Waals surface area contributed by atoms with Crippen LogP contribution in [0.25, 0.3) is 0 Å². The Hall–Kier alpha value is -1.21. The smallest absolute Gasteiger partial charge is 0.326 e. The molecule has 0 amide bonds. The van der Waals surface area contributed by atoms with Crippen molar-refractivity contribution >= 4 is 29.6 Å². The Balaban J connectivity index is 4.01. The van der Waals surface area contributed by atoms with Crippen molar-refractivity contribution in [2.45, 2.75) is 18.9 Å². The van der Waals surface area contributed by atoms with Gasteiger partial charge in [-0.25, -0.2) is 10.3 Å². The van der Waals surface area contributed by atoms with Crippen molar-refractivity contribution in [3.8, 4) is 0 Å².